The molecule has 0 radical (unpaired) electrons. The zero-order valence-electron chi connectivity index (χ0n) is 9.57. The molecule has 1 atom stereocenters. The van der Waals surface area contributed by atoms with Gasteiger partial charge in [0.15, 0.2) is 0 Å². The van der Waals surface area contributed by atoms with Gasteiger partial charge in [0.05, 0.1) is 16.3 Å². The molecule has 0 bridgehead atoms. The number of halogens is 2. The van der Waals surface area contributed by atoms with Crippen LogP contribution in [-0.2, 0) is 6.54 Å². The number of benzene rings is 1. The van der Waals surface area contributed by atoms with Crippen molar-refractivity contribution < 1.29 is 9.52 Å². The van der Waals surface area contributed by atoms with Crippen LogP contribution in [0.4, 0.5) is 0 Å². The average molecular weight is 286 g/mol. The lowest BCUT2D eigenvalue weighted by Gasteiger charge is -2.10. The predicted octanol–water partition coefficient (Wildman–Crippen LogP) is 3.41. The maximum Gasteiger partial charge on any atom is 0.133 e. The van der Waals surface area contributed by atoms with Gasteiger partial charge in [-0.05, 0) is 29.8 Å². The zero-order valence-corrected chi connectivity index (χ0v) is 11.1. The Morgan fingerprint density at radius 2 is 2.06 bits per heavy atom. The molecule has 96 valence electrons. The first kappa shape index (κ1) is 13.4. The second kappa shape index (κ2) is 6.25. The van der Waals surface area contributed by atoms with Crippen molar-refractivity contribution >= 4 is 23.2 Å². The van der Waals surface area contributed by atoms with Crippen LogP contribution in [0.15, 0.2) is 41.0 Å². The number of aliphatic hydroxyl groups excluding tert-OH is 1. The molecule has 2 aromatic rings. The van der Waals surface area contributed by atoms with Gasteiger partial charge in [0, 0.05) is 13.1 Å². The summed E-state index contributed by atoms with van der Waals surface area (Å²) in [5.74, 6) is 0.552. The third-order valence-electron chi connectivity index (χ3n) is 2.52. The highest BCUT2D eigenvalue weighted by Gasteiger charge is 2.09. The van der Waals surface area contributed by atoms with E-state index in [2.05, 4.69) is 5.32 Å². The van der Waals surface area contributed by atoms with Crippen LogP contribution < -0.4 is 5.32 Å². The van der Waals surface area contributed by atoms with Crippen LogP contribution in [-0.4, -0.2) is 11.7 Å². The minimum atomic E-state index is -0.650. The Hall–Kier alpha value is -1.00. The van der Waals surface area contributed by atoms with Gasteiger partial charge in [-0.3, -0.25) is 0 Å². The molecule has 1 heterocycles. The van der Waals surface area contributed by atoms with Gasteiger partial charge < -0.3 is 14.8 Å². The van der Waals surface area contributed by atoms with Crippen molar-refractivity contribution in [1.29, 1.82) is 0 Å². The van der Waals surface area contributed by atoms with Crippen molar-refractivity contribution in [3.05, 3.63) is 58.0 Å². The largest absolute Gasteiger partial charge is 0.467 e. The number of hydrogen-bond acceptors (Lipinski definition) is 3. The molecule has 2 N–H and O–H groups in total. The highest BCUT2D eigenvalue weighted by atomic mass is 35.5. The van der Waals surface area contributed by atoms with Gasteiger partial charge >= 0.3 is 0 Å². The van der Waals surface area contributed by atoms with E-state index in [-0.39, 0.29) is 0 Å². The van der Waals surface area contributed by atoms with Crippen LogP contribution in [0.5, 0.6) is 0 Å². The first-order chi connectivity index (χ1) is 8.66. The maximum atomic E-state index is 9.78. The summed E-state index contributed by atoms with van der Waals surface area (Å²) in [5, 5.41) is 14.0. The van der Waals surface area contributed by atoms with Crippen molar-refractivity contribution in [2.24, 2.45) is 0 Å². The van der Waals surface area contributed by atoms with Crippen LogP contribution in [0.3, 0.4) is 0 Å². The van der Waals surface area contributed by atoms with Gasteiger partial charge in [0.2, 0.25) is 0 Å². The molecule has 0 fully saturated rings. The summed E-state index contributed by atoms with van der Waals surface area (Å²) in [6.45, 7) is 1.02. The third-order valence-corrected chi connectivity index (χ3v) is 3.26. The maximum absolute atomic E-state index is 9.78. The molecular weight excluding hydrogens is 273 g/mol. The van der Waals surface area contributed by atoms with E-state index >= 15 is 0 Å². The van der Waals surface area contributed by atoms with Crippen molar-refractivity contribution in [3.63, 3.8) is 0 Å². The summed E-state index contributed by atoms with van der Waals surface area (Å²) in [7, 11) is 0. The molecule has 1 aromatic carbocycles. The molecule has 2 rings (SSSR count). The van der Waals surface area contributed by atoms with Crippen molar-refractivity contribution in [1.82, 2.24) is 5.32 Å². The lowest BCUT2D eigenvalue weighted by Crippen LogP contribution is -2.20. The lowest BCUT2D eigenvalue weighted by molar-refractivity contribution is 0.147. The fraction of sp³-hybridized carbons (Fsp3) is 0.231. The van der Waals surface area contributed by atoms with Crippen molar-refractivity contribution in [3.8, 4) is 0 Å². The normalized spacial score (nSPS) is 12.6. The van der Waals surface area contributed by atoms with E-state index in [0.717, 1.165) is 5.56 Å². The van der Waals surface area contributed by atoms with Gasteiger partial charge in [-0.15, -0.1) is 0 Å². The number of furan rings is 1. The smallest absolute Gasteiger partial charge is 0.133 e. The number of rotatable bonds is 5. The van der Waals surface area contributed by atoms with Crippen LogP contribution in [0.1, 0.15) is 17.4 Å². The Balaban J connectivity index is 1.83. The molecule has 0 aliphatic carbocycles. The minimum absolute atomic E-state index is 0.410. The molecule has 1 unspecified atom stereocenters. The van der Waals surface area contributed by atoms with Crippen molar-refractivity contribution in [2.45, 2.75) is 12.6 Å². The Labute approximate surface area is 115 Å². The molecule has 0 saturated carbocycles. The Bertz CT molecular complexity index is 500. The summed E-state index contributed by atoms with van der Waals surface area (Å²) < 4.78 is 5.10. The molecule has 3 nitrogen and oxygen atoms in total. The fourth-order valence-electron chi connectivity index (χ4n) is 1.58. The zero-order chi connectivity index (χ0) is 13.0. The van der Waals surface area contributed by atoms with Gasteiger partial charge in [0.1, 0.15) is 11.9 Å². The van der Waals surface area contributed by atoms with E-state index < -0.39 is 6.10 Å². The Morgan fingerprint density at radius 3 is 2.72 bits per heavy atom. The van der Waals surface area contributed by atoms with Crippen LogP contribution in [0, 0.1) is 0 Å². The summed E-state index contributed by atoms with van der Waals surface area (Å²) in [4.78, 5) is 0. The monoisotopic (exact) mass is 285 g/mol. The second-order valence-electron chi connectivity index (χ2n) is 3.91. The number of nitrogens with one attached hydrogen (secondary N) is 1. The molecule has 5 heteroatoms. The predicted molar refractivity (Wildman–Crippen MR) is 71.8 cm³/mol. The van der Waals surface area contributed by atoms with E-state index in [0.29, 0.717) is 28.9 Å². The molecular formula is C13H13Cl2NO2. The molecule has 0 aliphatic heterocycles. The van der Waals surface area contributed by atoms with Crippen molar-refractivity contribution in [2.75, 3.05) is 6.54 Å². The summed E-state index contributed by atoms with van der Waals surface area (Å²) in [6, 6.07) is 8.93. The standard InChI is InChI=1S/C13H13Cl2NO2/c14-10-4-3-9(6-11(10)15)7-16-8-12(17)13-2-1-5-18-13/h1-6,12,16-17H,7-8H2. The molecule has 1 aromatic heterocycles. The molecule has 0 saturated heterocycles. The van der Waals surface area contributed by atoms with E-state index in [1.165, 1.54) is 6.26 Å². The molecule has 18 heavy (non-hydrogen) atoms. The van der Waals surface area contributed by atoms with E-state index in [1.807, 2.05) is 6.07 Å². The quantitative estimate of drug-likeness (QED) is 0.885. The lowest BCUT2D eigenvalue weighted by atomic mass is 10.2. The topological polar surface area (TPSA) is 45.4 Å². The first-order valence-electron chi connectivity index (χ1n) is 5.53. The molecule has 0 amide bonds. The van der Waals surface area contributed by atoms with E-state index in [1.54, 1.807) is 24.3 Å². The second-order valence-corrected chi connectivity index (χ2v) is 4.72. The molecule has 0 aliphatic rings. The van der Waals surface area contributed by atoms with E-state index in [4.69, 9.17) is 27.6 Å². The van der Waals surface area contributed by atoms with Gasteiger partial charge in [0.25, 0.3) is 0 Å². The minimum Gasteiger partial charge on any atom is -0.467 e. The van der Waals surface area contributed by atoms with Gasteiger partial charge in [-0.2, -0.15) is 0 Å². The average Bonchev–Trinajstić information content (AvgIpc) is 2.87. The summed E-state index contributed by atoms with van der Waals surface area (Å²) in [5.41, 5.74) is 1.01. The van der Waals surface area contributed by atoms with Gasteiger partial charge in [-0.25, -0.2) is 0 Å². The SMILES string of the molecule is OC(CNCc1ccc(Cl)c(Cl)c1)c1ccco1. The number of aliphatic hydroxyl groups is 1. The fourth-order valence-corrected chi connectivity index (χ4v) is 1.90. The Kier molecular flexibility index (Phi) is 4.66. The Morgan fingerprint density at radius 1 is 1.22 bits per heavy atom. The van der Waals surface area contributed by atoms with E-state index in [9.17, 15) is 5.11 Å². The first-order valence-corrected chi connectivity index (χ1v) is 6.28. The number of hydrogen-bond donors (Lipinski definition) is 2. The summed E-state index contributed by atoms with van der Waals surface area (Å²) in [6.07, 6.45) is 0.889. The highest BCUT2D eigenvalue weighted by molar-refractivity contribution is 6.42. The summed E-state index contributed by atoms with van der Waals surface area (Å²) >= 11 is 11.7. The van der Waals surface area contributed by atoms with Crippen LogP contribution >= 0.6 is 23.2 Å². The highest BCUT2D eigenvalue weighted by Crippen LogP contribution is 2.22. The van der Waals surface area contributed by atoms with Gasteiger partial charge in [-0.1, -0.05) is 29.3 Å². The molecule has 0 spiro atoms. The van der Waals surface area contributed by atoms with Crippen LogP contribution in [0.25, 0.3) is 0 Å². The van der Waals surface area contributed by atoms with Crippen LogP contribution in [0.2, 0.25) is 10.0 Å². The third kappa shape index (κ3) is 3.50.